The highest BCUT2D eigenvalue weighted by Crippen LogP contribution is 2.07. The molecule has 1 saturated heterocycles. The van der Waals surface area contributed by atoms with Gasteiger partial charge in [0, 0.05) is 13.1 Å². The van der Waals surface area contributed by atoms with Crippen LogP contribution < -0.4 is 0 Å². The number of carbonyl (C=O) groups is 1. The maximum absolute atomic E-state index is 10.7. The Morgan fingerprint density at radius 1 is 1.67 bits per heavy atom. The second-order valence-corrected chi connectivity index (χ2v) is 2.32. The van der Waals surface area contributed by atoms with Crippen molar-refractivity contribution in [2.45, 2.75) is 6.42 Å². The summed E-state index contributed by atoms with van der Waals surface area (Å²) in [6.45, 7) is 1.71. The van der Waals surface area contributed by atoms with Gasteiger partial charge in [-0.1, -0.05) is 0 Å². The van der Waals surface area contributed by atoms with E-state index in [4.69, 9.17) is 0 Å². The maximum atomic E-state index is 10.7. The molecule has 1 amide bonds. The van der Waals surface area contributed by atoms with Gasteiger partial charge in [0.25, 0.3) is 0 Å². The Labute approximate surface area is 62.1 Å². The van der Waals surface area contributed by atoms with Crippen molar-refractivity contribution < 1.29 is 9.53 Å². The molecule has 0 aromatic rings. The van der Waals surface area contributed by atoms with Crippen molar-refractivity contribution in [1.82, 2.24) is 4.90 Å². The number of hydrogen-bond acceptors (Lipinski definition) is 2. The fourth-order valence-corrected chi connectivity index (χ4v) is 0.833. The predicted molar refractivity (Wildman–Crippen MR) is 36.5 cm³/mol. The van der Waals surface area contributed by atoms with Crippen LogP contribution in [0, 0.1) is 0 Å². The first kappa shape index (κ1) is 6.86. The summed E-state index contributed by atoms with van der Waals surface area (Å²) in [7, 11) is 0. The Bertz CT molecular complexity index is 114. The average Bonchev–Trinajstić information content (AvgIpc) is 1.60. The summed E-state index contributed by atoms with van der Waals surface area (Å²) in [5.41, 5.74) is 0.294. The van der Waals surface area contributed by atoms with Crippen LogP contribution in [0.2, 0.25) is 0 Å². The summed E-state index contributed by atoms with van der Waals surface area (Å²) in [5.74, 6) is 0. The van der Waals surface area contributed by atoms with Gasteiger partial charge in [0.1, 0.15) is 5.52 Å². The van der Waals surface area contributed by atoms with Gasteiger partial charge in [0.2, 0.25) is 0 Å². The third kappa shape index (κ3) is 1.58. The van der Waals surface area contributed by atoms with E-state index in [9.17, 15) is 4.79 Å². The smallest absolute Gasteiger partial charge is 0.410 e. The molecule has 0 radical (unpaired) electrons. The Hall–Kier alpha value is -0.250. The Morgan fingerprint density at radius 2 is 2.33 bits per heavy atom. The molecule has 0 N–H and O–H groups in total. The second kappa shape index (κ2) is 3.06. The number of amides is 1. The Kier molecular flexibility index (Phi) is 2.33. The number of hydrogen-bond donors (Lipinski definition) is 0. The Balaban J connectivity index is 2.16. The molecule has 1 aliphatic rings. The number of halogens is 1. The summed E-state index contributed by atoms with van der Waals surface area (Å²) >= 11 is 3.00. The van der Waals surface area contributed by atoms with Crippen LogP contribution in [0.4, 0.5) is 4.79 Å². The third-order valence-electron chi connectivity index (χ3n) is 1.29. The summed E-state index contributed by atoms with van der Waals surface area (Å²) in [6, 6.07) is 0. The van der Waals surface area contributed by atoms with E-state index in [0.717, 1.165) is 19.5 Å². The predicted octanol–water partition coefficient (Wildman–Crippen LogP) is 1.18. The molecule has 0 spiro atoms. The minimum Gasteiger partial charge on any atom is -0.438 e. The van der Waals surface area contributed by atoms with Crippen molar-refractivity contribution in [2.24, 2.45) is 0 Å². The quantitative estimate of drug-likeness (QED) is 0.586. The SMILES string of the molecule is O=C(OCBr)N1CCC1. The highest BCUT2D eigenvalue weighted by molar-refractivity contribution is 9.09. The molecule has 0 aromatic carbocycles. The molecule has 9 heavy (non-hydrogen) atoms. The number of rotatable bonds is 1. The van der Waals surface area contributed by atoms with E-state index >= 15 is 0 Å². The fourth-order valence-electron chi connectivity index (χ4n) is 0.637. The first-order valence-electron chi connectivity index (χ1n) is 2.82. The van der Waals surface area contributed by atoms with Gasteiger partial charge in [-0.25, -0.2) is 4.79 Å². The molecule has 0 aliphatic carbocycles. The molecule has 1 aliphatic heterocycles. The van der Waals surface area contributed by atoms with Crippen molar-refractivity contribution in [3.63, 3.8) is 0 Å². The van der Waals surface area contributed by atoms with E-state index in [1.54, 1.807) is 4.90 Å². The van der Waals surface area contributed by atoms with Crippen LogP contribution in [-0.2, 0) is 4.74 Å². The zero-order valence-electron chi connectivity index (χ0n) is 4.97. The van der Waals surface area contributed by atoms with Crippen molar-refractivity contribution >= 4 is 22.0 Å². The van der Waals surface area contributed by atoms with E-state index in [-0.39, 0.29) is 6.09 Å². The van der Waals surface area contributed by atoms with Crippen LogP contribution in [0.3, 0.4) is 0 Å². The molecule has 1 fully saturated rings. The van der Waals surface area contributed by atoms with Crippen LogP contribution in [0.25, 0.3) is 0 Å². The highest BCUT2D eigenvalue weighted by atomic mass is 79.9. The van der Waals surface area contributed by atoms with Gasteiger partial charge in [0.05, 0.1) is 0 Å². The van der Waals surface area contributed by atoms with Crippen LogP contribution >= 0.6 is 15.9 Å². The number of carbonyl (C=O) groups excluding carboxylic acids is 1. The number of likely N-dealkylation sites (tertiary alicyclic amines) is 1. The zero-order chi connectivity index (χ0) is 6.69. The van der Waals surface area contributed by atoms with Gasteiger partial charge in [0.15, 0.2) is 0 Å². The molecule has 52 valence electrons. The van der Waals surface area contributed by atoms with Gasteiger partial charge < -0.3 is 9.64 Å². The number of nitrogens with zero attached hydrogens (tertiary/aromatic N) is 1. The van der Waals surface area contributed by atoms with Crippen molar-refractivity contribution in [2.75, 3.05) is 18.6 Å². The van der Waals surface area contributed by atoms with Gasteiger partial charge >= 0.3 is 6.09 Å². The molecule has 0 atom stereocenters. The molecule has 1 rings (SSSR count). The summed E-state index contributed by atoms with van der Waals surface area (Å²) in [5, 5.41) is 0. The van der Waals surface area contributed by atoms with Crippen LogP contribution in [0.15, 0.2) is 0 Å². The molecule has 0 bridgehead atoms. The molecule has 0 unspecified atom stereocenters. The van der Waals surface area contributed by atoms with Gasteiger partial charge in [-0.3, -0.25) is 0 Å². The topological polar surface area (TPSA) is 29.5 Å². The van der Waals surface area contributed by atoms with Crippen LogP contribution in [0.1, 0.15) is 6.42 Å². The van der Waals surface area contributed by atoms with Gasteiger partial charge in [-0.05, 0) is 22.4 Å². The monoisotopic (exact) mass is 193 g/mol. The first-order chi connectivity index (χ1) is 4.34. The van der Waals surface area contributed by atoms with E-state index in [1.165, 1.54) is 0 Å². The highest BCUT2D eigenvalue weighted by Gasteiger charge is 2.20. The lowest BCUT2D eigenvalue weighted by atomic mass is 10.2. The molecule has 3 nitrogen and oxygen atoms in total. The van der Waals surface area contributed by atoms with E-state index < -0.39 is 0 Å². The van der Waals surface area contributed by atoms with E-state index in [1.807, 2.05) is 0 Å². The average molecular weight is 194 g/mol. The van der Waals surface area contributed by atoms with Crippen LogP contribution in [-0.4, -0.2) is 29.6 Å². The fraction of sp³-hybridized carbons (Fsp3) is 0.800. The molecular formula is C5H8BrNO2. The molecule has 0 saturated carbocycles. The Morgan fingerprint density at radius 3 is 2.67 bits per heavy atom. The van der Waals surface area contributed by atoms with E-state index in [2.05, 4.69) is 20.7 Å². The largest absolute Gasteiger partial charge is 0.438 e. The minimum atomic E-state index is -0.210. The van der Waals surface area contributed by atoms with Gasteiger partial charge in [-0.2, -0.15) is 0 Å². The summed E-state index contributed by atoms with van der Waals surface area (Å²) < 4.78 is 4.65. The lowest BCUT2D eigenvalue weighted by Gasteiger charge is -2.29. The van der Waals surface area contributed by atoms with Crippen molar-refractivity contribution in [1.29, 1.82) is 0 Å². The number of ether oxygens (including phenoxy) is 1. The van der Waals surface area contributed by atoms with Crippen molar-refractivity contribution in [3.05, 3.63) is 0 Å². The normalized spacial score (nSPS) is 16.8. The molecular weight excluding hydrogens is 186 g/mol. The molecule has 4 heteroatoms. The summed E-state index contributed by atoms with van der Waals surface area (Å²) in [6.07, 6.45) is 0.898. The first-order valence-corrected chi connectivity index (χ1v) is 3.94. The lowest BCUT2D eigenvalue weighted by Crippen LogP contribution is -2.42. The minimum absolute atomic E-state index is 0.210. The zero-order valence-corrected chi connectivity index (χ0v) is 6.56. The second-order valence-electron chi connectivity index (χ2n) is 1.86. The third-order valence-corrected chi connectivity index (χ3v) is 1.52. The summed E-state index contributed by atoms with van der Waals surface area (Å²) in [4.78, 5) is 12.4. The lowest BCUT2D eigenvalue weighted by molar-refractivity contribution is 0.0959. The van der Waals surface area contributed by atoms with Crippen LogP contribution in [0.5, 0.6) is 0 Å². The molecule has 0 aromatic heterocycles. The van der Waals surface area contributed by atoms with Gasteiger partial charge in [-0.15, -0.1) is 0 Å². The number of alkyl halides is 1. The van der Waals surface area contributed by atoms with Crippen molar-refractivity contribution in [3.8, 4) is 0 Å². The molecule has 1 heterocycles. The van der Waals surface area contributed by atoms with E-state index in [0.29, 0.717) is 5.52 Å². The standard InChI is InChI=1S/C5H8BrNO2/c6-4-9-5(8)7-2-1-3-7/h1-4H2. The maximum Gasteiger partial charge on any atom is 0.410 e.